The molecule has 0 fully saturated rings. The highest BCUT2D eigenvalue weighted by Gasteiger charge is 2.11. The fourth-order valence-corrected chi connectivity index (χ4v) is 1.71. The molecule has 1 aromatic heterocycles. The Bertz CT molecular complexity index is 646. The lowest BCUT2D eigenvalue weighted by atomic mass is 10.1. The topological polar surface area (TPSA) is 84.2 Å². The Morgan fingerprint density at radius 1 is 1.26 bits per heavy atom. The first-order valence-corrected chi connectivity index (χ1v) is 5.62. The molecule has 6 nitrogen and oxygen atoms in total. The number of aromatic carboxylic acids is 1. The van der Waals surface area contributed by atoms with Gasteiger partial charge in [0.25, 0.3) is 5.91 Å². The van der Waals surface area contributed by atoms with Crippen molar-refractivity contribution < 1.29 is 14.7 Å². The number of rotatable bonds is 3. The quantitative estimate of drug-likeness (QED) is 0.878. The number of anilines is 1. The SMILES string of the molecule is Cc1cc(NC(=O)c2cccc(C(=O)O)c2)n(C)n1. The molecule has 2 N–H and O–H groups in total. The lowest BCUT2D eigenvalue weighted by molar-refractivity contribution is 0.0697. The van der Waals surface area contributed by atoms with Gasteiger partial charge in [0.1, 0.15) is 5.82 Å². The Morgan fingerprint density at radius 3 is 2.53 bits per heavy atom. The Hall–Kier alpha value is -2.63. The molecule has 0 aliphatic rings. The van der Waals surface area contributed by atoms with Crippen LogP contribution in [0.1, 0.15) is 26.4 Å². The van der Waals surface area contributed by atoms with Crippen molar-refractivity contribution in [2.75, 3.05) is 5.32 Å². The Balaban J connectivity index is 2.23. The molecule has 0 saturated carbocycles. The van der Waals surface area contributed by atoms with E-state index in [1.165, 1.54) is 18.2 Å². The molecule has 2 aromatic rings. The van der Waals surface area contributed by atoms with Crippen LogP contribution >= 0.6 is 0 Å². The standard InChI is InChI=1S/C13H13N3O3/c1-8-6-11(16(2)15-8)14-12(17)9-4-3-5-10(7-9)13(18)19/h3-7H,1-2H3,(H,14,17)(H,18,19). The number of aromatic nitrogens is 2. The summed E-state index contributed by atoms with van der Waals surface area (Å²) in [5.74, 6) is -0.875. The molecule has 1 aromatic carbocycles. The van der Waals surface area contributed by atoms with Gasteiger partial charge in [-0.3, -0.25) is 9.48 Å². The second kappa shape index (κ2) is 4.93. The van der Waals surface area contributed by atoms with Crippen LogP contribution in [0, 0.1) is 6.92 Å². The molecule has 0 aliphatic heterocycles. The lowest BCUT2D eigenvalue weighted by Gasteiger charge is -2.05. The van der Waals surface area contributed by atoms with Gasteiger partial charge in [0.2, 0.25) is 0 Å². The number of nitrogens with one attached hydrogen (secondary N) is 1. The first-order chi connectivity index (χ1) is 8.97. The number of nitrogens with zero attached hydrogens (tertiary/aromatic N) is 2. The summed E-state index contributed by atoms with van der Waals surface area (Å²) in [7, 11) is 1.72. The van der Waals surface area contributed by atoms with E-state index in [1.807, 2.05) is 6.92 Å². The van der Waals surface area contributed by atoms with Crippen molar-refractivity contribution >= 4 is 17.7 Å². The molecule has 2 rings (SSSR count). The van der Waals surface area contributed by atoms with Crippen molar-refractivity contribution in [2.24, 2.45) is 7.05 Å². The molecule has 0 aliphatic carbocycles. The number of carbonyl (C=O) groups is 2. The summed E-state index contributed by atoms with van der Waals surface area (Å²) in [5.41, 5.74) is 1.16. The van der Waals surface area contributed by atoms with Crippen LogP contribution in [0.3, 0.4) is 0 Å². The molecule has 6 heteroatoms. The van der Waals surface area contributed by atoms with Gasteiger partial charge in [0, 0.05) is 18.7 Å². The minimum atomic E-state index is -1.06. The van der Waals surface area contributed by atoms with E-state index in [-0.39, 0.29) is 11.5 Å². The first kappa shape index (κ1) is 12.8. The molecule has 0 radical (unpaired) electrons. The van der Waals surface area contributed by atoms with E-state index in [1.54, 1.807) is 23.9 Å². The summed E-state index contributed by atoms with van der Waals surface area (Å²) < 4.78 is 1.55. The van der Waals surface area contributed by atoms with Gasteiger partial charge < -0.3 is 10.4 Å². The van der Waals surface area contributed by atoms with Crippen LogP contribution in [0.4, 0.5) is 5.82 Å². The monoisotopic (exact) mass is 259 g/mol. The van der Waals surface area contributed by atoms with Crippen molar-refractivity contribution in [2.45, 2.75) is 6.92 Å². The third-order valence-corrected chi connectivity index (χ3v) is 2.62. The molecule has 1 amide bonds. The predicted molar refractivity (Wildman–Crippen MR) is 69.3 cm³/mol. The second-order valence-corrected chi connectivity index (χ2v) is 4.13. The molecule has 98 valence electrons. The van der Waals surface area contributed by atoms with Crippen LogP contribution in [0.15, 0.2) is 30.3 Å². The van der Waals surface area contributed by atoms with Crippen molar-refractivity contribution in [3.8, 4) is 0 Å². The highest BCUT2D eigenvalue weighted by molar-refractivity contribution is 6.05. The maximum Gasteiger partial charge on any atom is 0.335 e. The third-order valence-electron chi connectivity index (χ3n) is 2.62. The molecule has 0 unspecified atom stereocenters. The molecule has 0 saturated heterocycles. The van der Waals surface area contributed by atoms with Gasteiger partial charge in [-0.25, -0.2) is 4.79 Å². The maximum absolute atomic E-state index is 12.0. The molecular weight excluding hydrogens is 246 g/mol. The van der Waals surface area contributed by atoms with Crippen molar-refractivity contribution in [3.05, 3.63) is 47.2 Å². The van der Waals surface area contributed by atoms with E-state index in [4.69, 9.17) is 5.11 Å². The molecule has 19 heavy (non-hydrogen) atoms. The van der Waals surface area contributed by atoms with Crippen LogP contribution in [0.5, 0.6) is 0 Å². The number of carboxylic acid groups (broad SMARTS) is 1. The highest BCUT2D eigenvalue weighted by Crippen LogP contribution is 2.11. The maximum atomic E-state index is 12.0. The van der Waals surface area contributed by atoms with E-state index in [0.717, 1.165) is 5.69 Å². The van der Waals surface area contributed by atoms with Crippen molar-refractivity contribution in [1.29, 1.82) is 0 Å². The summed E-state index contributed by atoms with van der Waals surface area (Å²) in [6, 6.07) is 7.60. The van der Waals surface area contributed by atoms with Gasteiger partial charge >= 0.3 is 5.97 Å². The molecule has 0 atom stereocenters. The van der Waals surface area contributed by atoms with Gasteiger partial charge in [-0.15, -0.1) is 0 Å². The number of carbonyl (C=O) groups excluding carboxylic acids is 1. The number of benzene rings is 1. The van der Waals surface area contributed by atoms with Gasteiger partial charge in [-0.2, -0.15) is 5.10 Å². The third kappa shape index (κ3) is 2.79. The van der Waals surface area contributed by atoms with Crippen LogP contribution in [-0.2, 0) is 7.05 Å². The zero-order valence-electron chi connectivity index (χ0n) is 10.5. The van der Waals surface area contributed by atoms with E-state index >= 15 is 0 Å². The summed E-state index contributed by atoms with van der Waals surface area (Å²) in [6.45, 7) is 1.82. The van der Waals surface area contributed by atoms with Crippen LogP contribution in [0.25, 0.3) is 0 Å². The number of hydrogen-bond acceptors (Lipinski definition) is 3. The molecule has 1 heterocycles. The van der Waals surface area contributed by atoms with E-state index in [9.17, 15) is 9.59 Å². The zero-order chi connectivity index (χ0) is 14.0. The van der Waals surface area contributed by atoms with Gasteiger partial charge in [0.05, 0.1) is 11.3 Å². The fourth-order valence-electron chi connectivity index (χ4n) is 1.71. The van der Waals surface area contributed by atoms with E-state index < -0.39 is 5.97 Å². The average Bonchev–Trinajstić information content (AvgIpc) is 2.68. The molecule has 0 bridgehead atoms. The Morgan fingerprint density at radius 2 is 1.95 bits per heavy atom. The number of amides is 1. The van der Waals surface area contributed by atoms with Crippen molar-refractivity contribution in [3.63, 3.8) is 0 Å². The molecular formula is C13H13N3O3. The minimum absolute atomic E-state index is 0.0776. The second-order valence-electron chi connectivity index (χ2n) is 4.13. The Labute approximate surface area is 109 Å². The smallest absolute Gasteiger partial charge is 0.335 e. The van der Waals surface area contributed by atoms with Crippen LogP contribution in [-0.4, -0.2) is 26.8 Å². The largest absolute Gasteiger partial charge is 0.478 e. The Kier molecular flexibility index (Phi) is 3.33. The van der Waals surface area contributed by atoms with Gasteiger partial charge in [-0.1, -0.05) is 6.07 Å². The van der Waals surface area contributed by atoms with Gasteiger partial charge in [0.15, 0.2) is 0 Å². The normalized spacial score (nSPS) is 10.2. The van der Waals surface area contributed by atoms with Crippen LogP contribution < -0.4 is 5.32 Å². The number of hydrogen-bond donors (Lipinski definition) is 2. The summed E-state index contributed by atoms with van der Waals surface area (Å²) in [6.07, 6.45) is 0. The summed E-state index contributed by atoms with van der Waals surface area (Å²) in [4.78, 5) is 22.9. The van der Waals surface area contributed by atoms with Crippen molar-refractivity contribution in [1.82, 2.24) is 9.78 Å². The zero-order valence-corrected chi connectivity index (χ0v) is 10.5. The molecule has 0 spiro atoms. The first-order valence-electron chi connectivity index (χ1n) is 5.62. The number of aryl methyl sites for hydroxylation is 2. The van der Waals surface area contributed by atoms with E-state index in [0.29, 0.717) is 11.4 Å². The fraction of sp³-hybridized carbons (Fsp3) is 0.154. The summed E-state index contributed by atoms with van der Waals surface area (Å²) in [5, 5.41) is 15.7. The minimum Gasteiger partial charge on any atom is -0.478 e. The number of carboxylic acids is 1. The predicted octanol–water partition coefficient (Wildman–Crippen LogP) is 1.68. The lowest BCUT2D eigenvalue weighted by Crippen LogP contribution is -2.15. The average molecular weight is 259 g/mol. The van der Waals surface area contributed by atoms with E-state index in [2.05, 4.69) is 10.4 Å². The highest BCUT2D eigenvalue weighted by atomic mass is 16.4. The van der Waals surface area contributed by atoms with Crippen LogP contribution in [0.2, 0.25) is 0 Å². The summed E-state index contributed by atoms with van der Waals surface area (Å²) >= 11 is 0. The van der Waals surface area contributed by atoms with Gasteiger partial charge in [-0.05, 0) is 25.1 Å².